The van der Waals surface area contributed by atoms with Crippen LogP contribution in [-0.4, -0.2) is 26.6 Å². The molecule has 0 bridgehead atoms. The first-order chi connectivity index (χ1) is 13.5. The second-order valence-electron chi connectivity index (χ2n) is 5.93. The van der Waals surface area contributed by atoms with Crippen molar-refractivity contribution in [2.45, 2.75) is 12.7 Å². The number of nitrogens with one attached hydrogen (secondary N) is 2. The van der Waals surface area contributed by atoms with Crippen molar-refractivity contribution in [2.75, 3.05) is 22.1 Å². The van der Waals surface area contributed by atoms with E-state index in [1.54, 1.807) is 0 Å². The molecule has 0 saturated heterocycles. The Labute approximate surface area is 175 Å². The van der Waals surface area contributed by atoms with E-state index in [4.69, 9.17) is 5.73 Å². The highest BCUT2D eigenvalue weighted by Crippen LogP contribution is 2.20. The minimum atomic E-state index is -0.0867. The summed E-state index contributed by atoms with van der Waals surface area (Å²) in [5, 5.41) is 5.97. The van der Waals surface area contributed by atoms with Crippen LogP contribution in [0.4, 0.5) is 23.3 Å². The van der Waals surface area contributed by atoms with Crippen LogP contribution < -0.4 is 16.4 Å². The maximum Gasteiger partial charge on any atom is 0.234 e. The Morgan fingerprint density at radius 1 is 1.11 bits per heavy atom. The third-order valence-corrected chi connectivity index (χ3v) is 5.45. The number of hydrogen-bond acceptors (Lipinski definition) is 7. The van der Waals surface area contributed by atoms with Crippen molar-refractivity contribution in [3.8, 4) is 0 Å². The van der Waals surface area contributed by atoms with E-state index in [9.17, 15) is 4.79 Å². The Morgan fingerprint density at radius 3 is 2.64 bits per heavy atom. The molecular formula is C19H19BrN6OS. The fraction of sp³-hybridized carbons (Fsp3) is 0.158. The van der Waals surface area contributed by atoms with Gasteiger partial charge in [-0.3, -0.25) is 4.79 Å². The minimum Gasteiger partial charge on any atom is -0.368 e. The molecule has 2 aromatic carbocycles. The molecule has 1 aromatic heterocycles. The molecule has 0 aliphatic carbocycles. The number of carbonyl (C=O) groups excluding carboxylic acids is 1. The highest BCUT2D eigenvalue weighted by Gasteiger charge is 2.08. The number of benzene rings is 2. The molecule has 0 aliphatic heterocycles. The summed E-state index contributed by atoms with van der Waals surface area (Å²) in [6.45, 7) is 1.97. The zero-order valence-electron chi connectivity index (χ0n) is 15.1. The van der Waals surface area contributed by atoms with Gasteiger partial charge in [0.05, 0.1) is 11.5 Å². The van der Waals surface area contributed by atoms with Crippen LogP contribution >= 0.6 is 27.7 Å². The van der Waals surface area contributed by atoms with Crippen LogP contribution in [0.3, 0.4) is 0 Å². The number of nitrogens with zero attached hydrogens (tertiary/aromatic N) is 3. The van der Waals surface area contributed by atoms with E-state index < -0.39 is 0 Å². The fourth-order valence-electron chi connectivity index (χ4n) is 2.36. The van der Waals surface area contributed by atoms with Crippen LogP contribution in [0.2, 0.25) is 0 Å². The van der Waals surface area contributed by atoms with Crippen molar-refractivity contribution in [3.63, 3.8) is 0 Å². The first-order valence-electron chi connectivity index (χ1n) is 8.46. The summed E-state index contributed by atoms with van der Waals surface area (Å²) in [4.78, 5) is 24.7. The molecule has 28 heavy (non-hydrogen) atoms. The lowest BCUT2D eigenvalue weighted by molar-refractivity contribution is -0.113. The second kappa shape index (κ2) is 9.52. The van der Waals surface area contributed by atoms with Crippen molar-refractivity contribution >= 4 is 56.9 Å². The summed E-state index contributed by atoms with van der Waals surface area (Å²) in [5.74, 6) is 1.67. The number of carbonyl (C=O) groups is 1. The van der Waals surface area contributed by atoms with Gasteiger partial charge in [0.25, 0.3) is 0 Å². The lowest BCUT2D eigenvalue weighted by Crippen LogP contribution is -2.14. The predicted molar refractivity (Wildman–Crippen MR) is 118 cm³/mol. The Kier molecular flexibility index (Phi) is 6.83. The Balaban J connectivity index is 1.54. The van der Waals surface area contributed by atoms with Gasteiger partial charge in [0.15, 0.2) is 0 Å². The van der Waals surface area contributed by atoms with Gasteiger partial charge >= 0.3 is 0 Å². The summed E-state index contributed by atoms with van der Waals surface area (Å²) >= 11 is 4.85. The smallest absolute Gasteiger partial charge is 0.234 e. The first-order valence-corrected chi connectivity index (χ1v) is 10.4. The van der Waals surface area contributed by atoms with E-state index in [2.05, 4.69) is 41.5 Å². The number of nitrogens with two attached hydrogens (primary N) is 1. The lowest BCUT2D eigenvalue weighted by atomic mass is 10.2. The zero-order chi connectivity index (χ0) is 19.9. The van der Waals surface area contributed by atoms with Gasteiger partial charge in [0.1, 0.15) is 5.82 Å². The quantitative estimate of drug-likeness (QED) is 0.488. The number of hydrogen-bond donors (Lipinski definition) is 3. The maximum atomic E-state index is 12.1. The molecular weight excluding hydrogens is 440 g/mol. The summed E-state index contributed by atoms with van der Waals surface area (Å²) in [6, 6.07) is 15.2. The van der Waals surface area contributed by atoms with Crippen molar-refractivity contribution in [2.24, 2.45) is 0 Å². The monoisotopic (exact) mass is 458 g/mol. The molecule has 0 fully saturated rings. The molecule has 1 amide bonds. The number of aryl methyl sites for hydroxylation is 1. The molecule has 3 rings (SSSR count). The van der Waals surface area contributed by atoms with Gasteiger partial charge in [-0.2, -0.15) is 15.0 Å². The van der Waals surface area contributed by atoms with Crippen molar-refractivity contribution in [1.82, 2.24) is 15.0 Å². The summed E-state index contributed by atoms with van der Waals surface area (Å²) in [5.41, 5.74) is 8.46. The lowest BCUT2D eigenvalue weighted by Gasteiger charge is -2.08. The van der Waals surface area contributed by atoms with Gasteiger partial charge in [0, 0.05) is 15.8 Å². The standard InChI is InChI=1S/C19H19BrN6OS/c1-12-9-14(7-8-15(12)20)22-17(27)11-28-10-16-24-18(21)26-19(25-16)23-13-5-3-2-4-6-13/h2-9H,10-11H2,1H3,(H,22,27)(H3,21,23,24,25,26). The third-order valence-electron chi connectivity index (χ3n) is 3.63. The zero-order valence-corrected chi connectivity index (χ0v) is 17.5. The summed E-state index contributed by atoms with van der Waals surface area (Å²) < 4.78 is 1.01. The maximum absolute atomic E-state index is 12.1. The van der Waals surface area contributed by atoms with Crippen LogP contribution in [-0.2, 0) is 10.5 Å². The van der Waals surface area contributed by atoms with Crippen LogP contribution in [0.1, 0.15) is 11.4 Å². The SMILES string of the molecule is Cc1cc(NC(=O)CSCc2nc(N)nc(Nc3ccccc3)n2)ccc1Br. The number of para-hydroxylation sites is 1. The second-order valence-corrected chi connectivity index (χ2v) is 7.77. The van der Waals surface area contributed by atoms with E-state index in [1.807, 2.05) is 55.5 Å². The van der Waals surface area contributed by atoms with E-state index in [-0.39, 0.29) is 17.6 Å². The van der Waals surface area contributed by atoms with Gasteiger partial charge in [-0.05, 0) is 42.8 Å². The molecule has 0 saturated carbocycles. The van der Waals surface area contributed by atoms with Crippen LogP contribution in [0.5, 0.6) is 0 Å². The molecule has 0 aliphatic rings. The minimum absolute atomic E-state index is 0.0867. The molecule has 9 heteroatoms. The average molecular weight is 459 g/mol. The molecule has 0 atom stereocenters. The average Bonchev–Trinajstić information content (AvgIpc) is 2.65. The topological polar surface area (TPSA) is 106 Å². The number of thioether (sulfide) groups is 1. The van der Waals surface area contributed by atoms with Crippen LogP contribution in [0, 0.1) is 6.92 Å². The number of nitrogen functional groups attached to an aromatic ring is 1. The van der Waals surface area contributed by atoms with E-state index in [0.717, 1.165) is 21.4 Å². The van der Waals surface area contributed by atoms with E-state index in [1.165, 1.54) is 11.8 Å². The molecule has 1 heterocycles. The number of anilines is 4. The van der Waals surface area contributed by atoms with Gasteiger partial charge in [-0.1, -0.05) is 34.1 Å². The third kappa shape index (κ3) is 5.93. The van der Waals surface area contributed by atoms with Gasteiger partial charge in [-0.25, -0.2) is 0 Å². The van der Waals surface area contributed by atoms with E-state index >= 15 is 0 Å². The molecule has 0 radical (unpaired) electrons. The van der Waals surface area contributed by atoms with Gasteiger partial charge in [-0.15, -0.1) is 11.8 Å². The van der Waals surface area contributed by atoms with Crippen LogP contribution in [0.25, 0.3) is 0 Å². The Bertz CT molecular complexity index is 970. The summed E-state index contributed by atoms with van der Waals surface area (Å²) in [7, 11) is 0. The Hall–Kier alpha value is -2.65. The molecule has 4 N–H and O–H groups in total. The van der Waals surface area contributed by atoms with Crippen molar-refractivity contribution < 1.29 is 4.79 Å². The molecule has 0 unspecified atom stereocenters. The first kappa shape index (κ1) is 20.1. The van der Waals surface area contributed by atoms with E-state index in [0.29, 0.717) is 17.5 Å². The molecule has 7 nitrogen and oxygen atoms in total. The predicted octanol–water partition coefficient (Wildman–Crippen LogP) is 4.14. The number of amides is 1. The highest BCUT2D eigenvalue weighted by atomic mass is 79.9. The van der Waals surface area contributed by atoms with Crippen molar-refractivity contribution in [1.29, 1.82) is 0 Å². The number of halogens is 1. The molecule has 0 spiro atoms. The number of aromatic nitrogens is 3. The van der Waals surface area contributed by atoms with Crippen molar-refractivity contribution in [3.05, 3.63) is 64.4 Å². The Morgan fingerprint density at radius 2 is 1.89 bits per heavy atom. The highest BCUT2D eigenvalue weighted by molar-refractivity contribution is 9.10. The summed E-state index contributed by atoms with van der Waals surface area (Å²) in [6.07, 6.45) is 0. The normalized spacial score (nSPS) is 10.5. The number of rotatable bonds is 7. The molecule has 144 valence electrons. The van der Waals surface area contributed by atoms with Crippen LogP contribution in [0.15, 0.2) is 53.0 Å². The largest absolute Gasteiger partial charge is 0.368 e. The van der Waals surface area contributed by atoms with Gasteiger partial charge < -0.3 is 16.4 Å². The molecule has 3 aromatic rings. The fourth-order valence-corrected chi connectivity index (χ4v) is 3.28. The van der Waals surface area contributed by atoms with Gasteiger partial charge in [0.2, 0.25) is 17.8 Å².